The van der Waals surface area contributed by atoms with Crippen molar-refractivity contribution in [1.82, 2.24) is 9.88 Å². The van der Waals surface area contributed by atoms with Gasteiger partial charge in [-0.3, -0.25) is 14.7 Å². The van der Waals surface area contributed by atoms with Crippen LogP contribution >= 0.6 is 0 Å². The van der Waals surface area contributed by atoms with Gasteiger partial charge in [0.1, 0.15) is 0 Å². The fraction of sp³-hybridized carbons (Fsp3) is 0.412. The maximum absolute atomic E-state index is 11.1. The van der Waals surface area contributed by atoms with Crippen molar-refractivity contribution in [3.05, 3.63) is 42.1 Å². The van der Waals surface area contributed by atoms with E-state index in [0.717, 1.165) is 29.4 Å². The van der Waals surface area contributed by atoms with Crippen LogP contribution in [0.1, 0.15) is 31.4 Å². The largest absolute Gasteiger partial charge is 0.480 e. The molecule has 4 heteroatoms. The molecule has 0 unspecified atom stereocenters. The minimum Gasteiger partial charge on any atom is -0.480 e. The smallest absolute Gasteiger partial charge is 0.317 e. The lowest BCUT2D eigenvalue weighted by Gasteiger charge is -2.26. The second kappa shape index (κ2) is 6.22. The van der Waals surface area contributed by atoms with Crippen LogP contribution in [0.4, 0.5) is 0 Å². The average molecular weight is 284 g/mol. The van der Waals surface area contributed by atoms with E-state index in [9.17, 15) is 4.79 Å². The number of para-hydroxylation sites is 1. The van der Waals surface area contributed by atoms with Crippen molar-refractivity contribution in [2.75, 3.05) is 6.54 Å². The normalized spacial score (nSPS) is 15.9. The van der Waals surface area contributed by atoms with Gasteiger partial charge < -0.3 is 5.11 Å². The summed E-state index contributed by atoms with van der Waals surface area (Å²) in [6, 6.07) is 12.5. The number of hydrogen-bond acceptors (Lipinski definition) is 3. The number of aromatic nitrogens is 1. The lowest BCUT2D eigenvalue weighted by atomic mass is 10.1. The molecule has 1 saturated carbocycles. The summed E-state index contributed by atoms with van der Waals surface area (Å²) < 4.78 is 0. The molecule has 0 radical (unpaired) electrons. The van der Waals surface area contributed by atoms with E-state index in [1.165, 1.54) is 12.8 Å². The van der Waals surface area contributed by atoms with Gasteiger partial charge in [0.15, 0.2) is 0 Å². The maximum atomic E-state index is 11.1. The highest BCUT2D eigenvalue weighted by atomic mass is 16.4. The van der Waals surface area contributed by atoms with Crippen molar-refractivity contribution in [2.24, 2.45) is 0 Å². The average Bonchev–Trinajstić information content (AvgIpc) is 3.00. The Morgan fingerprint density at radius 1 is 1.19 bits per heavy atom. The zero-order chi connectivity index (χ0) is 14.7. The summed E-state index contributed by atoms with van der Waals surface area (Å²) in [6.45, 7) is 0.709. The molecule has 21 heavy (non-hydrogen) atoms. The van der Waals surface area contributed by atoms with Gasteiger partial charge in [-0.2, -0.15) is 0 Å². The Morgan fingerprint density at radius 2 is 1.95 bits per heavy atom. The van der Waals surface area contributed by atoms with Crippen LogP contribution in [0.15, 0.2) is 36.4 Å². The van der Waals surface area contributed by atoms with Crippen molar-refractivity contribution in [3.63, 3.8) is 0 Å². The molecule has 0 spiro atoms. The summed E-state index contributed by atoms with van der Waals surface area (Å²) in [5, 5.41) is 10.2. The number of carbonyl (C=O) groups is 1. The summed E-state index contributed by atoms with van der Waals surface area (Å²) in [5.74, 6) is -0.761. The number of carboxylic acids is 1. The highest BCUT2D eigenvalue weighted by Crippen LogP contribution is 2.25. The van der Waals surface area contributed by atoms with E-state index >= 15 is 0 Å². The van der Waals surface area contributed by atoms with E-state index in [1.54, 1.807) is 0 Å². The van der Waals surface area contributed by atoms with Crippen molar-refractivity contribution in [1.29, 1.82) is 0 Å². The van der Waals surface area contributed by atoms with E-state index in [0.29, 0.717) is 12.6 Å². The van der Waals surface area contributed by atoms with Crippen molar-refractivity contribution in [2.45, 2.75) is 38.3 Å². The Labute approximate surface area is 124 Å². The number of hydrogen-bond donors (Lipinski definition) is 1. The second-order valence-electron chi connectivity index (χ2n) is 5.73. The predicted octanol–water partition coefficient (Wildman–Crippen LogP) is 3.06. The Hall–Kier alpha value is -1.94. The topological polar surface area (TPSA) is 53.4 Å². The zero-order valence-corrected chi connectivity index (χ0v) is 12.0. The number of nitrogens with zero attached hydrogens (tertiary/aromatic N) is 2. The molecule has 2 aromatic rings. The molecule has 1 heterocycles. The van der Waals surface area contributed by atoms with Crippen LogP contribution in [0, 0.1) is 0 Å². The number of carboxylic acid groups (broad SMARTS) is 1. The Morgan fingerprint density at radius 3 is 2.71 bits per heavy atom. The molecule has 4 nitrogen and oxygen atoms in total. The fourth-order valence-corrected chi connectivity index (χ4v) is 3.16. The molecule has 3 rings (SSSR count). The van der Waals surface area contributed by atoms with E-state index in [-0.39, 0.29) is 6.54 Å². The fourth-order valence-electron chi connectivity index (χ4n) is 3.16. The second-order valence-corrected chi connectivity index (χ2v) is 5.73. The molecule has 0 bridgehead atoms. The van der Waals surface area contributed by atoms with Gasteiger partial charge in [-0.05, 0) is 25.0 Å². The number of fused-ring (bicyclic) bond motifs is 1. The minimum atomic E-state index is -0.761. The number of pyridine rings is 1. The minimum absolute atomic E-state index is 0.0964. The van der Waals surface area contributed by atoms with Gasteiger partial charge in [-0.25, -0.2) is 0 Å². The summed E-state index contributed by atoms with van der Waals surface area (Å²) in [5.41, 5.74) is 1.92. The lowest BCUT2D eigenvalue weighted by Crippen LogP contribution is -2.37. The monoisotopic (exact) mass is 284 g/mol. The van der Waals surface area contributed by atoms with Crippen LogP contribution in [0.25, 0.3) is 10.9 Å². The van der Waals surface area contributed by atoms with E-state index in [1.807, 2.05) is 30.3 Å². The van der Waals surface area contributed by atoms with Crippen LogP contribution < -0.4 is 0 Å². The highest BCUT2D eigenvalue weighted by Gasteiger charge is 2.24. The summed E-state index contributed by atoms with van der Waals surface area (Å²) in [6.07, 6.45) is 4.60. The molecule has 1 N–H and O–H groups in total. The third-order valence-corrected chi connectivity index (χ3v) is 4.20. The summed E-state index contributed by atoms with van der Waals surface area (Å²) >= 11 is 0. The van der Waals surface area contributed by atoms with Crippen LogP contribution in [0.5, 0.6) is 0 Å². The SMILES string of the molecule is O=C(O)CN(Cc1ccc2ccccc2n1)C1CCCC1. The van der Waals surface area contributed by atoms with Gasteiger partial charge in [0, 0.05) is 18.0 Å². The number of rotatable bonds is 5. The Balaban J connectivity index is 1.80. The maximum Gasteiger partial charge on any atom is 0.317 e. The molecule has 1 aliphatic carbocycles. The summed E-state index contributed by atoms with van der Waals surface area (Å²) in [4.78, 5) is 17.8. The standard InChI is InChI=1S/C17H20N2O2/c20-17(21)12-19(15-6-2-3-7-15)11-14-10-9-13-5-1-4-8-16(13)18-14/h1,4-5,8-10,15H,2-3,6-7,11-12H2,(H,20,21). The molecule has 0 amide bonds. The molecule has 110 valence electrons. The van der Waals surface area contributed by atoms with Gasteiger partial charge in [0.25, 0.3) is 0 Å². The van der Waals surface area contributed by atoms with Crippen molar-refractivity contribution >= 4 is 16.9 Å². The summed E-state index contributed by atoms with van der Waals surface area (Å²) in [7, 11) is 0. The molecule has 0 atom stereocenters. The van der Waals surface area contributed by atoms with Gasteiger partial charge in [-0.15, -0.1) is 0 Å². The third kappa shape index (κ3) is 3.39. The molecule has 1 fully saturated rings. The van der Waals surface area contributed by atoms with Gasteiger partial charge in [0.2, 0.25) is 0 Å². The molecule has 0 aliphatic heterocycles. The predicted molar refractivity (Wildman–Crippen MR) is 82.0 cm³/mol. The van der Waals surface area contributed by atoms with Crippen LogP contribution in [-0.4, -0.2) is 33.5 Å². The third-order valence-electron chi connectivity index (χ3n) is 4.20. The first kappa shape index (κ1) is 14.0. The Kier molecular flexibility index (Phi) is 4.15. The highest BCUT2D eigenvalue weighted by molar-refractivity contribution is 5.78. The quantitative estimate of drug-likeness (QED) is 0.916. The van der Waals surface area contributed by atoms with Gasteiger partial charge >= 0.3 is 5.97 Å². The van der Waals surface area contributed by atoms with Crippen molar-refractivity contribution in [3.8, 4) is 0 Å². The number of aliphatic carboxylic acids is 1. The van der Waals surface area contributed by atoms with Gasteiger partial charge in [-0.1, -0.05) is 37.1 Å². The lowest BCUT2D eigenvalue weighted by molar-refractivity contribution is -0.139. The number of benzene rings is 1. The van der Waals surface area contributed by atoms with E-state index < -0.39 is 5.97 Å². The van der Waals surface area contributed by atoms with Crippen molar-refractivity contribution < 1.29 is 9.90 Å². The molecule has 1 aromatic carbocycles. The van der Waals surface area contributed by atoms with Crippen LogP contribution in [-0.2, 0) is 11.3 Å². The molecular formula is C17H20N2O2. The first-order chi connectivity index (χ1) is 10.2. The molecule has 0 saturated heterocycles. The molecular weight excluding hydrogens is 264 g/mol. The first-order valence-corrected chi connectivity index (χ1v) is 7.53. The first-order valence-electron chi connectivity index (χ1n) is 7.53. The van der Waals surface area contributed by atoms with Crippen LogP contribution in [0.2, 0.25) is 0 Å². The van der Waals surface area contributed by atoms with E-state index in [2.05, 4.69) is 16.0 Å². The van der Waals surface area contributed by atoms with Gasteiger partial charge in [0.05, 0.1) is 17.8 Å². The molecule has 1 aliphatic rings. The van der Waals surface area contributed by atoms with Crippen LogP contribution in [0.3, 0.4) is 0 Å². The Bertz CT molecular complexity index is 635. The van der Waals surface area contributed by atoms with E-state index in [4.69, 9.17) is 5.11 Å². The zero-order valence-electron chi connectivity index (χ0n) is 12.0. The molecule has 1 aromatic heterocycles.